The van der Waals surface area contributed by atoms with Crippen LogP contribution in [-0.4, -0.2) is 6.04 Å². The first-order valence-electron chi connectivity index (χ1n) is 5.47. The molecule has 2 rings (SSSR count). The number of rotatable bonds is 2. The van der Waals surface area contributed by atoms with Crippen molar-refractivity contribution in [3.8, 4) is 6.07 Å². The fraction of sp³-hybridized carbons (Fsp3) is 0.462. The van der Waals surface area contributed by atoms with Crippen LogP contribution in [0.25, 0.3) is 0 Å². The fourth-order valence-corrected chi connectivity index (χ4v) is 2.18. The van der Waals surface area contributed by atoms with Gasteiger partial charge in [-0.1, -0.05) is 19.1 Å². The quantitative estimate of drug-likeness (QED) is 0.796. The zero-order valence-corrected chi connectivity index (χ0v) is 9.25. The zero-order chi connectivity index (χ0) is 10.8. The number of nitrogens with zero attached hydrogens (tertiary/aromatic N) is 1. The molecule has 1 aliphatic carbocycles. The van der Waals surface area contributed by atoms with Crippen LogP contribution < -0.4 is 5.32 Å². The average Bonchev–Trinajstić information content (AvgIpc) is 2.16. The predicted molar refractivity (Wildman–Crippen MR) is 61.7 cm³/mol. The molecular weight excluding hydrogens is 184 g/mol. The van der Waals surface area contributed by atoms with Crippen molar-refractivity contribution in [2.45, 2.75) is 32.7 Å². The number of hydrogen-bond donors (Lipinski definition) is 1. The molecule has 0 radical (unpaired) electrons. The maximum atomic E-state index is 9.06. The number of benzene rings is 1. The van der Waals surface area contributed by atoms with Gasteiger partial charge in [-0.15, -0.1) is 0 Å². The summed E-state index contributed by atoms with van der Waals surface area (Å²) in [5.41, 5.74) is 2.83. The Morgan fingerprint density at radius 3 is 2.73 bits per heavy atom. The van der Waals surface area contributed by atoms with Gasteiger partial charge in [-0.3, -0.25) is 0 Å². The summed E-state index contributed by atoms with van der Waals surface area (Å²) < 4.78 is 0. The van der Waals surface area contributed by atoms with E-state index in [1.165, 1.54) is 12.8 Å². The van der Waals surface area contributed by atoms with Gasteiger partial charge in [-0.2, -0.15) is 5.26 Å². The van der Waals surface area contributed by atoms with E-state index < -0.39 is 0 Å². The third kappa shape index (κ3) is 1.97. The van der Waals surface area contributed by atoms with Crippen molar-refractivity contribution >= 4 is 5.69 Å². The fourth-order valence-electron chi connectivity index (χ4n) is 2.18. The van der Waals surface area contributed by atoms with Gasteiger partial charge in [0.05, 0.1) is 11.3 Å². The second-order valence-corrected chi connectivity index (χ2v) is 4.53. The van der Waals surface area contributed by atoms with Gasteiger partial charge < -0.3 is 5.32 Å². The van der Waals surface area contributed by atoms with Crippen LogP contribution in [-0.2, 0) is 0 Å². The Bertz CT molecular complexity index is 397. The normalized spacial score (nSPS) is 24.1. The highest BCUT2D eigenvalue weighted by Gasteiger charge is 2.25. The van der Waals surface area contributed by atoms with Gasteiger partial charge in [-0.25, -0.2) is 0 Å². The Morgan fingerprint density at radius 2 is 2.13 bits per heavy atom. The molecule has 1 aromatic rings. The van der Waals surface area contributed by atoms with Gasteiger partial charge in [0.1, 0.15) is 6.07 Å². The summed E-state index contributed by atoms with van der Waals surface area (Å²) >= 11 is 0. The topological polar surface area (TPSA) is 35.8 Å². The summed E-state index contributed by atoms with van der Waals surface area (Å²) in [6.07, 6.45) is 2.44. The molecule has 0 spiro atoms. The Hall–Kier alpha value is -1.49. The van der Waals surface area contributed by atoms with Crippen molar-refractivity contribution in [3.05, 3.63) is 29.3 Å². The standard InChI is InChI=1S/C13H16N2/c1-9-6-11(7-9)15-13-5-3-4-10(2)12(13)8-14/h3-5,9,11,15H,6-7H2,1-2H3. The minimum atomic E-state index is 0.564. The van der Waals surface area contributed by atoms with E-state index in [0.717, 1.165) is 22.7 Å². The first-order valence-corrected chi connectivity index (χ1v) is 5.47. The number of aryl methyl sites for hydroxylation is 1. The highest BCUT2D eigenvalue weighted by Crippen LogP contribution is 2.30. The average molecular weight is 200 g/mol. The molecule has 1 N–H and O–H groups in total. The SMILES string of the molecule is Cc1cccc(NC2CC(C)C2)c1C#N. The molecule has 0 heterocycles. The van der Waals surface area contributed by atoms with Crippen LogP contribution in [0.2, 0.25) is 0 Å². The van der Waals surface area contributed by atoms with Gasteiger partial charge >= 0.3 is 0 Å². The molecule has 1 saturated carbocycles. The van der Waals surface area contributed by atoms with E-state index in [1.807, 2.05) is 25.1 Å². The van der Waals surface area contributed by atoms with E-state index in [1.54, 1.807) is 0 Å². The minimum Gasteiger partial charge on any atom is -0.381 e. The zero-order valence-electron chi connectivity index (χ0n) is 9.25. The molecule has 0 aliphatic heterocycles. The van der Waals surface area contributed by atoms with Crippen molar-refractivity contribution in [2.75, 3.05) is 5.32 Å². The predicted octanol–water partition coefficient (Wildman–Crippen LogP) is 3.08. The van der Waals surface area contributed by atoms with E-state index in [4.69, 9.17) is 5.26 Å². The molecule has 1 aromatic carbocycles. The third-order valence-corrected chi connectivity index (χ3v) is 3.12. The van der Waals surface area contributed by atoms with Crippen LogP contribution >= 0.6 is 0 Å². The van der Waals surface area contributed by atoms with E-state index in [0.29, 0.717) is 6.04 Å². The van der Waals surface area contributed by atoms with E-state index in [9.17, 15) is 0 Å². The third-order valence-electron chi connectivity index (χ3n) is 3.12. The first kappa shape index (κ1) is 10.0. The summed E-state index contributed by atoms with van der Waals surface area (Å²) in [6, 6.07) is 8.80. The summed E-state index contributed by atoms with van der Waals surface area (Å²) in [5.74, 6) is 0.831. The minimum absolute atomic E-state index is 0.564. The van der Waals surface area contributed by atoms with E-state index >= 15 is 0 Å². The molecule has 0 atom stereocenters. The second kappa shape index (κ2) is 3.94. The van der Waals surface area contributed by atoms with Gasteiger partial charge in [0, 0.05) is 6.04 Å². The largest absolute Gasteiger partial charge is 0.381 e. The number of nitrogens with one attached hydrogen (secondary N) is 1. The van der Waals surface area contributed by atoms with Crippen LogP contribution in [0.1, 0.15) is 30.9 Å². The molecule has 78 valence electrons. The lowest BCUT2D eigenvalue weighted by atomic mass is 9.81. The molecule has 0 bridgehead atoms. The highest BCUT2D eigenvalue weighted by molar-refractivity contribution is 5.61. The lowest BCUT2D eigenvalue weighted by molar-refractivity contribution is 0.309. The van der Waals surface area contributed by atoms with Crippen LogP contribution in [0.15, 0.2) is 18.2 Å². The lowest BCUT2D eigenvalue weighted by Gasteiger charge is -2.34. The smallest absolute Gasteiger partial charge is 0.102 e. The molecule has 2 heteroatoms. The molecular formula is C13H16N2. The summed E-state index contributed by atoms with van der Waals surface area (Å²) in [4.78, 5) is 0. The molecule has 0 amide bonds. The number of nitriles is 1. The summed E-state index contributed by atoms with van der Waals surface area (Å²) in [6.45, 7) is 4.24. The van der Waals surface area contributed by atoms with Crippen LogP contribution in [0, 0.1) is 24.2 Å². The van der Waals surface area contributed by atoms with Gasteiger partial charge in [0.25, 0.3) is 0 Å². The first-order chi connectivity index (χ1) is 7.20. The summed E-state index contributed by atoms with van der Waals surface area (Å²) in [5, 5.41) is 12.5. The van der Waals surface area contributed by atoms with E-state index in [-0.39, 0.29) is 0 Å². The molecule has 2 nitrogen and oxygen atoms in total. The molecule has 1 aliphatic rings. The number of hydrogen-bond acceptors (Lipinski definition) is 2. The van der Waals surface area contributed by atoms with Crippen LogP contribution in [0.5, 0.6) is 0 Å². The molecule has 1 fully saturated rings. The highest BCUT2D eigenvalue weighted by atomic mass is 14.9. The van der Waals surface area contributed by atoms with Gasteiger partial charge in [0.2, 0.25) is 0 Å². The van der Waals surface area contributed by atoms with Gasteiger partial charge in [-0.05, 0) is 37.3 Å². The Kier molecular flexibility index (Phi) is 2.64. The van der Waals surface area contributed by atoms with E-state index in [2.05, 4.69) is 18.3 Å². The number of anilines is 1. The Morgan fingerprint density at radius 1 is 1.40 bits per heavy atom. The van der Waals surface area contributed by atoms with Crippen molar-refractivity contribution in [1.29, 1.82) is 5.26 Å². The summed E-state index contributed by atoms with van der Waals surface area (Å²) in [7, 11) is 0. The van der Waals surface area contributed by atoms with Crippen LogP contribution in [0.3, 0.4) is 0 Å². The van der Waals surface area contributed by atoms with Crippen molar-refractivity contribution in [3.63, 3.8) is 0 Å². The maximum Gasteiger partial charge on any atom is 0.102 e. The van der Waals surface area contributed by atoms with Crippen LogP contribution in [0.4, 0.5) is 5.69 Å². The molecule has 0 saturated heterocycles. The van der Waals surface area contributed by atoms with Crippen molar-refractivity contribution in [2.24, 2.45) is 5.92 Å². The van der Waals surface area contributed by atoms with Crippen molar-refractivity contribution < 1.29 is 0 Å². The Labute approximate surface area is 90.9 Å². The molecule has 0 aromatic heterocycles. The van der Waals surface area contributed by atoms with Crippen molar-refractivity contribution in [1.82, 2.24) is 0 Å². The maximum absolute atomic E-state index is 9.06. The monoisotopic (exact) mass is 200 g/mol. The molecule has 0 unspecified atom stereocenters. The Balaban J connectivity index is 2.15. The lowest BCUT2D eigenvalue weighted by Crippen LogP contribution is -2.34. The second-order valence-electron chi connectivity index (χ2n) is 4.53. The van der Waals surface area contributed by atoms with Gasteiger partial charge in [0.15, 0.2) is 0 Å². The molecule has 15 heavy (non-hydrogen) atoms.